The first-order valence-electron chi connectivity index (χ1n) is 7.73. The van der Waals surface area contributed by atoms with Crippen LogP contribution in [0, 0.1) is 0 Å². The molecule has 1 aliphatic carbocycles. The molecule has 2 unspecified atom stereocenters. The molecule has 21 heavy (non-hydrogen) atoms. The lowest BCUT2D eigenvalue weighted by Crippen LogP contribution is -2.43. The van der Waals surface area contributed by atoms with E-state index in [9.17, 15) is 5.11 Å². The minimum atomic E-state index is -0.821. The molecule has 110 valence electrons. The van der Waals surface area contributed by atoms with Crippen molar-refractivity contribution in [2.75, 3.05) is 6.54 Å². The van der Waals surface area contributed by atoms with Crippen molar-refractivity contribution in [3.63, 3.8) is 0 Å². The molecule has 2 heteroatoms. The summed E-state index contributed by atoms with van der Waals surface area (Å²) >= 11 is 0. The molecule has 2 N–H and O–H groups in total. The van der Waals surface area contributed by atoms with Crippen molar-refractivity contribution in [1.29, 1.82) is 0 Å². The zero-order chi connectivity index (χ0) is 14.7. The maximum Gasteiger partial charge on any atom is 0.0992 e. The third-order valence-electron chi connectivity index (χ3n) is 4.48. The summed E-state index contributed by atoms with van der Waals surface area (Å²) in [7, 11) is 0. The van der Waals surface area contributed by atoms with Gasteiger partial charge in [-0.2, -0.15) is 0 Å². The molecule has 0 saturated heterocycles. The Kier molecular flexibility index (Phi) is 4.09. The molecular weight excluding hydrogens is 258 g/mol. The van der Waals surface area contributed by atoms with Gasteiger partial charge in [0.25, 0.3) is 0 Å². The van der Waals surface area contributed by atoms with Crippen LogP contribution in [-0.4, -0.2) is 17.7 Å². The summed E-state index contributed by atoms with van der Waals surface area (Å²) in [5, 5.41) is 14.2. The maximum atomic E-state index is 10.6. The highest BCUT2D eigenvalue weighted by atomic mass is 16.3. The molecule has 0 saturated carbocycles. The number of aryl methyl sites for hydroxylation is 1. The van der Waals surface area contributed by atoms with Crippen LogP contribution in [0.2, 0.25) is 0 Å². The molecule has 0 bridgehead atoms. The van der Waals surface area contributed by atoms with Gasteiger partial charge in [-0.1, -0.05) is 54.6 Å². The van der Waals surface area contributed by atoms with Crippen LogP contribution < -0.4 is 5.32 Å². The van der Waals surface area contributed by atoms with E-state index in [0.29, 0.717) is 12.6 Å². The number of benzene rings is 2. The highest BCUT2D eigenvalue weighted by Gasteiger charge is 2.25. The summed E-state index contributed by atoms with van der Waals surface area (Å²) in [6.07, 6.45) is 3.32. The Labute approximate surface area is 126 Å². The van der Waals surface area contributed by atoms with Gasteiger partial charge in [0.15, 0.2) is 0 Å². The number of hydrogen-bond donors (Lipinski definition) is 2. The largest absolute Gasteiger partial charge is 0.384 e. The van der Waals surface area contributed by atoms with Crippen LogP contribution in [0.4, 0.5) is 0 Å². The third kappa shape index (κ3) is 3.34. The van der Waals surface area contributed by atoms with E-state index in [1.165, 1.54) is 11.1 Å². The molecular formula is C19H23NO. The topological polar surface area (TPSA) is 32.3 Å². The fourth-order valence-electron chi connectivity index (χ4n) is 3.11. The van der Waals surface area contributed by atoms with Gasteiger partial charge >= 0.3 is 0 Å². The molecule has 2 atom stereocenters. The van der Waals surface area contributed by atoms with E-state index < -0.39 is 5.60 Å². The number of rotatable bonds is 4. The minimum absolute atomic E-state index is 0.454. The van der Waals surface area contributed by atoms with Crippen LogP contribution in [-0.2, 0) is 18.4 Å². The van der Waals surface area contributed by atoms with Gasteiger partial charge in [-0.3, -0.25) is 0 Å². The lowest BCUT2D eigenvalue weighted by atomic mass is 9.87. The van der Waals surface area contributed by atoms with Crippen molar-refractivity contribution in [3.8, 4) is 0 Å². The minimum Gasteiger partial charge on any atom is -0.384 e. The second kappa shape index (κ2) is 6.00. The molecule has 0 aromatic heterocycles. The van der Waals surface area contributed by atoms with E-state index >= 15 is 0 Å². The first-order valence-corrected chi connectivity index (χ1v) is 7.73. The van der Waals surface area contributed by atoms with Crippen molar-refractivity contribution in [2.45, 2.75) is 37.8 Å². The second-order valence-corrected chi connectivity index (χ2v) is 6.23. The Morgan fingerprint density at radius 3 is 2.48 bits per heavy atom. The average Bonchev–Trinajstić information content (AvgIpc) is 2.54. The van der Waals surface area contributed by atoms with Crippen molar-refractivity contribution in [3.05, 3.63) is 71.3 Å². The van der Waals surface area contributed by atoms with Crippen molar-refractivity contribution >= 4 is 0 Å². The second-order valence-electron chi connectivity index (χ2n) is 6.23. The van der Waals surface area contributed by atoms with E-state index in [2.05, 4.69) is 29.6 Å². The quantitative estimate of drug-likeness (QED) is 0.903. The van der Waals surface area contributed by atoms with E-state index in [1.54, 1.807) is 0 Å². The van der Waals surface area contributed by atoms with Gasteiger partial charge in [-0.15, -0.1) is 0 Å². The molecule has 0 radical (unpaired) electrons. The SMILES string of the molecule is CC(O)(CNC1CCc2ccccc2C1)c1ccccc1. The summed E-state index contributed by atoms with van der Waals surface area (Å²) < 4.78 is 0. The Bertz CT molecular complexity index is 592. The summed E-state index contributed by atoms with van der Waals surface area (Å²) in [6, 6.07) is 19.0. The lowest BCUT2D eigenvalue weighted by molar-refractivity contribution is 0.0532. The van der Waals surface area contributed by atoms with Crippen LogP contribution in [0.5, 0.6) is 0 Å². The highest BCUT2D eigenvalue weighted by Crippen LogP contribution is 2.23. The van der Waals surface area contributed by atoms with Crippen LogP contribution in [0.3, 0.4) is 0 Å². The number of fused-ring (bicyclic) bond motifs is 1. The fraction of sp³-hybridized carbons (Fsp3) is 0.368. The number of nitrogens with one attached hydrogen (secondary N) is 1. The Hall–Kier alpha value is -1.64. The molecule has 0 spiro atoms. The number of hydrogen-bond acceptors (Lipinski definition) is 2. The summed E-state index contributed by atoms with van der Waals surface area (Å²) in [6.45, 7) is 2.47. The lowest BCUT2D eigenvalue weighted by Gasteiger charge is -2.30. The standard InChI is InChI=1S/C19H23NO/c1-19(21,17-9-3-2-4-10-17)14-20-18-12-11-15-7-5-6-8-16(15)13-18/h2-10,18,20-21H,11-14H2,1H3. The van der Waals surface area contributed by atoms with Crippen molar-refractivity contribution in [2.24, 2.45) is 0 Å². The van der Waals surface area contributed by atoms with Crippen LogP contribution in [0.1, 0.15) is 30.0 Å². The zero-order valence-corrected chi connectivity index (χ0v) is 12.5. The van der Waals surface area contributed by atoms with Gasteiger partial charge in [-0.05, 0) is 42.9 Å². The molecule has 0 amide bonds. The van der Waals surface area contributed by atoms with Crippen LogP contribution >= 0.6 is 0 Å². The Morgan fingerprint density at radius 2 is 1.71 bits per heavy atom. The zero-order valence-electron chi connectivity index (χ0n) is 12.5. The normalized spacial score (nSPS) is 20.6. The molecule has 0 aliphatic heterocycles. The van der Waals surface area contributed by atoms with Crippen LogP contribution in [0.25, 0.3) is 0 Å². The van der Waals surface area contributed by atoms with Gasteiger partial charge < -0.3 is 10.4 Å². The van der Waals surface area contributed by atoms with E-state index in [1.807, 2.05) is 37.3 Å². The first kappa shape index (κ1) is 14.3. The summed E-state index contributed by atoms with van der Waals surface area (Å²) in [5.74, 6) is 0. The molecule has 2 aromatic carbocycles. The Morgan fingerprint density at radius 1 is 1.05 bits per heavy atom. The van der Waals surface area contributed by atoms with Gasteiger partial charge in [0.05, 0.1) is 5.60 Å². The third-order valence-corrected chi connectivity index (χ3v) is 4.48. The molecule has 0 fully saturated rings. The van der Waals surface area contributed by atoms with Gasteiger partial charge in [0.1, 0.15) is 0 Å². The molecule has 0 heterocycles. The Balaban J connectivity index is 1.61. The molecule has 1 aliphatic rings. The predicted octanol–water partition coefficient (Wildman–Crippen LogP) is 3.04. The van der Waals surface area contributed by atoms with Crippen LogP contribution in [0.15, 0.2) is 54.6 Å². The van der Waals surface area contributed by atoms with E-state index in [-0.39, 0.29) is 0 Å². The predicted molar refractivity (Wildman–Crippen MR) is 86.3 cm³/mol. The number of aliphatic hydroxyl groups is 1. The fourth-order valence-corrected chi connectivity index (χ4v) is 3.11. The summed E-state index contributed by atoms with van der Waals surface area (Å²) in [5.41, 5.74) is 3.07. The highest BCUT2D eigenvalue weighted by molar-refractivity contribution is 5.30. The van der Waals surface area contributed by atoms with Gasteiger partial charge in [-0.25, -0.2) is 0 Å². The van der Waals surface area contributed by atoms with Crippen molar-refractivity contribution < 1.29 is 5.11 Å². The first-order chi connectivity index (χ1) is 10.1. The molecule has 2 nitrogen and oxygen atoms in total. The summed E-state index contributed by atoms with van der Waals surface area (Å²) in [4.78, 5) is 0. The maximum absolute atomic E-state index is 10.6. The molecule has 3 rings (SSSR count). The monoisotopic (exact) mass is 281 g/mol. The van der Waals surface area contributed by atoms with Gasteiger partial charge in [0.2, 0.25) is 0 Å². The average molecular weight is 281 g/mol. The molecule has 2 aromatic rings. The van der Waals surface area contributed by atoms with Gasteiger partial charge in [0, 0.05) is 12.6 Å². The van der Waals surface area contributed by atoms with E-state index in [4.69, 9.17) is 0 Å². The van der Waals surface area contributed by atoms with E-state index in [0.717, 1.165) is 24.8 Å². The smallest absolute Gasteiger partial charge is 0.0992 e. The van der Waals surface area contributed by atoms with Crippen molar-refractivity contribution in [1.82, 2.24) is 5.32 Å².